The zero-order chi connectivity index (χ0) is 9.84. The van der Waals surface area contributed by atoms with Gasteiger partial charge in [-0.15, -0.1) is 0 Å². The number of allylic oxidation sites excluding steroid dienone is 1. The molecule has 0 aromatic heterocycles. The Morgan fingerprint density at radius 1 is 1.54 bits per heavy atom. The monoisotopic (exact) mass is 198 g/mol. The van der Waals surface area contributed by atoms with Crippen molar-refractivity contribution >= 4 is 22.9 Å². The number of halogens is 2. The summed E-state index contributed by atoms with van der Waals surface area (Å²) in [6, 6.07) is 4.59. The van der Waals surface area contributed by atoms with Gasteiger partial charge in [0.15, 0.2) is 0 Å². The van der Waals surface area contributed by atoms with Crippen LogP contribution in [0.1, 0.15) is 11.1 Å². The third-order valence-corrected chi connectivity index (χ3v) is 2.01. The Hall–Kier alpha value is -1.15. The van der Waals surface area contributed by atoms with Crippen LogP contribution in [0.3, 0.4) is 0 Å². The summed E-state index contributed by atoms with van der Waals surface area (Å²) in [6.07, 6.45) is 1.76. The third kappa shape index (κ3) is 2.39. The Morgan fingerprint density at radius 2 is 2.23 bits per heavy atom. The topological polar surface area (TPSA) is 17.1 Å². The van der Waals surface area contributed by atoms with E-state index in [0.29, 0.717) is 17.4 Å². The number of aldehydes is 1. The van der Waals surface area contributed by atoms with Gasteiger partial charge in [-0.05, 0) is 30.2 Å². The minimum Gasteiger partial charge on any atom is -0.299 e. The second-order valence-corrected chi connectivity index (χ2v) is 3.02. The highest BCUT2D eigenvalue weighted by molar-refractivity contribution is 6.49. The summed E-state index contributed by atoms with van der Waals surface area (Å²) in [6.45, 7) is 1.66. The highest BCUT2D eigenvalue weighted by atomic mass is 35.5. The van der Waals surface area contributed by atoms with Crippen LogP contribution < -0.4 is 0 Å². The van der Waals surface area contributed by atoms with Crippen LogP contribution in [0.25, 0.3) is 5.03 Å². The van der Waals surface area contributed by atoms with Crippen molar-refractivity contribution in [2.24, 2.45) is 0 Å². The van der Waals surface area contributed by atoms with Gasteiger partial charge in [0.25, 0.3) is 0 Å². The van der Waals surface area contributed by atoms with E-state index in [-0.39, 0.29) is 10.8 Å². The van der Waals surface area contributed by atoms with E-state index in [1.165, 1.54) is 12.1 Å². The summed E-state index contributed by atoms with van der Waals surface area (Å²) in [5.74, 6) is -0.324. The van der Waals surface area contributed by atoms with Crippen LogP contribution >= 0.6 is 11.6 Å². The van der Waals surface area contributed by atoms with E-state index in [9.17, 15) is 9.18 Å². The Bertz CT molecular complexity index is 358. The highest BCUT2D eigenvalue weighted by Gasteiger charge is 2.01. The van der Waals surface area contributed by atoms with Gasteiger partial charge in [0.05, 0.1) is 5.03 Å². The number of rotatable bonds is 2. The minimum atomic E-state index is -0.324. The first-order valence-corrected chi connectivity index (χ1v) is 4.10. The molecule has 3 heteroatoms. The Morgan fingerprint density at radius 3 is 2.77 bits per heavy atom. The van der Waals surface area contributed by atoms with Crippen LogP contribution in [0.15, 0.2) is 24.3 Å². The summed E-state index contributed by atoms with van der Waals surface area (Å²) in [5, 5.41) is 0.244. The Kier molecular flexibility index (Phi) is 3.20. The highest BCUT2D eigenvalue weighted by Crippen LogP contribution is 2.20. The van der Waals surface area contributed by atoms with E-state index in [1.54, 1.807) is 19.1 Å². The van der Waals surface area contributed by atoms with Gasteiger partial charge in [0, 0.05) is 0 Å². The molecule has 0 fully saturated rings. The average molecular weight is 199 g/mol. The van der Waals surface area contributed by atoms with Gasteiger partial charge in [0.2, 0.25) is 0 Å². The van der Waals surface area contributed by atoms with Crippen molar-refractivity contribution in [3.63, 3.8) is 0 Å². The first-order valence-electron chi connectivity index (χ1n) is 3.72. The second-order valence-electron chi connectivity index (χ2n) is 2.61. The molecule has 0 spiro atoms. The molecule has 1 nitrogen and oxygen atoms in total. The fourth-order valence-corrected chi connectivity index (χ4v) is 1.07. The van der Waals surface area contributed by atoms with Crippen LogP contribution in [-0.4, -0.2) is 6.29 Å². The van der Waals surface area contributed by atoms with Gasteiger partial charge in [0.1, 0.15) is 12.1 Å². The zero-order valence-corrected chi connectivity index (χ0v) is 7.81. The largest absolute Gasteiger partial charge is 0.299 e. The van der Waals surface area contributed by atoms with E-state index >= 15 is 0 Å². The maximum absolute atomic E-state index is 13.0. The summed E-state index contributed by atoms with van der Waals surface area (Å²) in [4.78, 5) is 10.1. The van der Waals surface area contributed by atoms with Crippen LogP contribution in [0, 0.1) is 12.7 Å². The van der Waals surface area contributed by atoms with Crippen molar-refractivity contribution in [3.05, 3.63) is 41.2 Å². The van der Waals surface area contributed by atoms with E-state index in [2.05, 4.69) is 0 Å². The van der Waals surface area contributed by atoms with Crippen molar-refractivity contribution in [3.8, 4) is 0 Å². The smallest absolute Gasteiger partial charge is 0.144 e. The molecule has 0 atom stereocenters. The molecular weight excluding hydrogens is 191 g/mol. The summed E-state index contributed by atoms with van der Waals surface area (Å²) in [7, 11) is 0. The molecule has 0 saturated carbocycles. The fourth-order valence-electron chi connectivity index (χ4n) is 0.897. The lowest BCUT2D eigenvalue weighted by atomic mass is 10.1. The first kappa shape index (κ1) is 9.93. The van der Waals surface area contributed by atoms with Gasteiger partial charge < -0.3 is 0 Å². The van der Waals surface area contributed by atoms with E-state index < -0.39 is 0 Å². The SMILES string of the molecule is Cc1ccc(/C(Cl)=C/C=O)cc1F. The predicted octanol–water partition coefficient (Wildman–Crippen LogP) is 2.91. The van der Waals surface area contributed by atoms with Crippen molar-refractivity contribution in [2.75, 3.05) is 0 Å². The Balaban J connectivity index is 3.10. The van der Waals surface area contributed by atoms with Crippen LogP contribution in [0.4, 0.5) is 4.39 Å². The molecule has 68 valence electrons. The lowest BCUT2D eigenvalue weighted by Crippen LogP contribution is -1.85. The van der Waals surface area contributed by atoms with Crippen LogP contribution in [0.2, 0.25) is 0 Å². The standard InChI is InChI=1S/C10H8ClFO/c1-7-2-3-8(6-10(7)12)9(11)4-5-13/h2-6H,1H3/b9-4-. The zero-order valence-electron chi connectivity index (χ0n) is 7.05. The van der Waals surface area contributed by atoms with Gasteiger partial charge >= 0.3 is 0 Å². The summed E-state index contributed by atoms with van der Waals surface area (Å²) >= 11 is 5.69. The summed E-state index contributed by atoms with van der Waals surface area (Å²) < 4.78 is 13.0. The van der Waals surface area contributed by atoms with Crippen molar-refractivity contribution < 1.29 is 9.18 Å². The van der Waals surface area contributed by atoms with Crippen LogP contribution in [-0.2, 0) is 4.79 Å². The fraction of sp³-hybridized carbons (Fsp3) is 0.100. The van der Waals surface area contributed by atoms with Crippen molar-refractivity contribution in [2.45, 2.75) is 6.92 Å². The quantitative estimate of drug-likeness (QED) is 0.528. The van der Waals surface area contributed by atoms with Crippen molar-refractivity contribution in [1.82, 2.24) is 0 Å². The van der Waals surface area contributed by atoms with Gasteiger partial charge in [-0.2, -0.15) is 0 Å². The molecule has 1 rings (SSSR count). The molecule has 1 aromatic rings. The maximum Gasteiger partial charge on any atom is 0.144 e. The van der Waals surface area contributed by atoms with Crippen molar-refractivity contribution in [1.29, 1.82) is 0 Å². The molecule has 0 aliphatic heterocycles. The Labute approximate surface area is 80.8 Å². The molecule has 0 unspecified atom stereocenters. The molecule has 0 saturated heterocycles. The molecular formula is C10H8ClFO. The molecule has 0 radical (unpaired) electrons. The molecule has 0 amide bonds. The van der Waals surface area contributed by atoms with Gasteiger partial charge in [-0.3, -0.25) is 4.79 Å². The molecule has 0 aliphatic rings. The summed E-state index contributed by atoms with van der Waals surface area (Å²) in [5.41, 5.74) is 1.07. The first-order chi connectivity index (χ1) is 6.15. The normalized spacial score (nSPS) is 11.5. The van der Waals surface area contributed by atoms with E-state index in [0.717, 1.165) is 0 Å². The lowest BCUT2D eigenvalue weighted by Gasteiger charge is -2.00. The molecule has 0 aliphatic carbocycles. The van der Waals surface area contributed by atoms with Crippen LogP contribution in [0.5, 0.6) is 0 Å². The average Bonchev–Trinajstić information content (AvgIpc) is 2.10. The van der Waals surface area contributed by atoms with Gasteiger partial charge in [-0.25, -0.2) is 4.39 Å². The third-order valence-electron chi connectivity index (χ3n) is 1.66. The number of aryl methyl sites for hydroxylation is 1. The van der Waals surface area contributed by atoms with Gasteiger partial charge in [-0.1, -0.05) is 23.7 Å². The lowest BCUT2D eigenvalue weighted by molar-refractivity contribution is -0.104. The molecule has 0 bridgehead atoms. The minimum absolute atomic E-state index is 0.244. The molecule has 0 N–H and O–H groups in total. The molecule has 1 aromatic carbocycles. The second kappa shape index (κ2) is 4.19. The molecule has 0 heterocycles. The number of hydrogen-bond donors (Lipinski definition) is 0. The number of carbonyl (C=O) groups is 1. The maximum atomic E-state index is 13.0. The number of benzene rings is 1. The van der Waals surface area contributed by atoms with E-state index in [4.69, 9.17) is 11.6 Å². The number of carbonyl (C=O) groups excluding carboxylic acids is 1. The molecule has 13 heavy (non-hydrogen) atoms. The van der Waals surface area contributed by atoms with E-state index in [1.807, 2.05) is 0 Å². The predicted molar refractivity (Wildman–Crippen MR) is 51.0 cm³/mol. The number of hydrogen-bond acceptors (Lipinski definition) is 1.